The van der Waals surface area contributed by atoms with Gasteiger partial charge >= 0.3 is 0 Å². The highest BCUT2D eigenvalue weighted by atomic mass is 16.5. The van der Waals surface area contributed by atoms with Gasteiger partial charge in [0, 0.05) is 5.92 Å². The molecule has 0 radical (unpaired) electrons. The van der Waals surface area contributed by atoms with E-state index in [2.05, 4.69) is 12.2 Å². The lowest BCUT2D eigenvalue weighted by Gasteiger charge is -2.27. The van der Waals surface area contributed by atoms with Crippen molar-refractivity contribution >= 4 is 0 Å². The summed E-state index contributed by atoms with van der Waals surface area (Å²) >= 11 is 0. The zero-order valence-corrected chi connectivity index (χ0v) is 10.2. The van der Waals surface area contributed by atoms with Crippen LogP contribution in [0.2, 0.25) is 0 Å². The van der Waals surface area contributed by atoms with E-state index in [1.165, 1.54) is 57.8 Å². The summed E-state index contributed by atoms with van der Waals surface area (Å²) in [6.45, 7) is 0. The van der Waals surface area contributed by atoms with E-state index >= 15 is 0 Å². The quantitative estimate of drug-likeness (QED) is 0.637. The Morgan fingerprint density at radius 3 is 2.19 bits per heavy atom. The molecule has 2 fully saturated rings. The molecule has 90 valence electrons. The number of hydrogen-bond donors (Lipinski definition) is 0. The molecule has 0 spiro atoms. The molecule has 0 heterocycles. The largest absolute Gasteiger partial charge is 0.374 e. The van der Waals surface area contributed by atoms with Crippen molar-refractivity contribution in [3.63, 3.8) is 0 Å². The Bertz CT molecular complexity index is 250. The summed E-state index contributed by atoms with van der Waals surface area (Å²) < 4.78 is 6.37. The lowest BCUT2D eigenvalue weighted by atomic mass is 9.97. The van der Waals surface area contributed by atoms with Crippen molar-refractivity contribution in [1.29, 1.82) is 0 Å². The van der Waals surface area contributed by atoms with Crippen molar-refractivity contribution in [2.45, 2.75) is 70.0 Å². The minimum absolute atomic E-state index is 0.569. The minimum Gasteiger partial charge on any atom is -0.374 e. The third-order valence-corrected chi connectivity index (χ3v) is 4.64. The molecule has 16 heavy (non-hydrogen) atoms. The molecule has 0 N–H and O–H groups in total. The number of ether oxygens (including phenoxy) is 1. The Hall–Kier alpha value is -0.300. The summed E-state index contributed by atoms with van der Waals surface area (Å²) in [5, 5.41) is 0. The fraction of sp³-hybridized carbons (Fsp3) is 0.867. The molecule has 3 unspecified atom stereocenters. The molecular formula is C15H24O. The fourth-order valence-electron chi connectivity index (χ4n) is 3.69. The number of fused-ring (bicyclic) bond motifs is 2. The SMILES string of the molecule is C1=CC2CC1CC2OC1CCCCCCC1. The summed E-state index contributed by atoms with van der Waals surface area (Å²) in [4.78, 5) is 0. The maximum atomic E-state index is 6.37. The van der Waals surface area contributed by atoms with Crippen molar-refractivity contribution in [1.82, 2.24) is 0 Å². The molecule has 2 saturated carbocycles. The van der Waals surface area contributed by atoms with E-state index in [1.807, 2.05) is 0 Å². The van der Waals surface area contributed by atoms with Gasteiger partial charge in [-0.25, -0.2) is 0 Å². The molecule has 1 nitrogen and oxygen atoms in total. The zero-order valence-electron chi connectivity index (χ0n) is 10.2. The molecule has 0 aromatic rings. The van der Waals surface area contributed by atoms with Crippen LogP contribution in [0.1, 0.15) is 57.8 Å². The van der Waals surface area contributed by atoms with Gasteiger partial charge in [-0.1, -0.05) is 44.3 Å². The summed E-state index contributed by atoms with van der Waals surface area (Å²) in [6.07, 6.45) is 18.4. The lowest BCUT2D eigenvalue weighted by Crippen LogP contribution is -2.26. The smallest absolute Gasteiger partial charge is 0.0647 e. The van der Waals surface area contributed by atoms with Crippen molar-refractivity contribution in [2.24, 2.45) is 11.8 Å². The van der Waals surface area contributed by atoms with Crippen LogP contribution in [0.5, 0.6) is 0 Å². The topological polar surface area (TPSA) is 9.23 Å². The molecule has 0 aromatic heterocycles. The van der Waals surface area contributed by atoms with Crippen LogP contribution in [0.3, 0.4) is 0 Å². The first-order valence-corrected chi connectivity index (χ1v) is 7.25. The van der Waals surface area contributed by atoms with Gasteiger partial charge in [0.25, 0.3) is 0 Å². The third-order valence-electron chi connectivity index (χ3n) is 4.64. The highest BCUT2D eigenvalue weighted by molar-refractivity contribution is 5.11. The molecule has 2 bridgehead atoms. The second kappa shape index (κ2) is 4.91. The summed E-state index contributed by atoms with van der Waals surface area (Å²) in [6, 6.07) is 0. The predicted octanol–water partition coefficient (Wildman–Crippen LogP) is 4.08. The first-order valence-electron chi connectivity index (χ1n) is 7.25. The first-order chi connectivity index (χ1) is 7.92. The number of hydrogen-bond acceptors (Lipinski definition) is 1. The minimum atomic E-state index is 0.569. The van der Waals surface area contributed by atoms with Crippen molar-refractivity contribution in [3.05, 3.63) is 12.2 Å². The van der Waals surface area contributed by atoms with Crippen LogP contribution in [-0.2, 0) is 4.74 Å². The molecule has 3 aliphatic rings. The van der Waals surface area contributed by atoms with Crippen LogP contribution in [0.15, 0.2) is 12.2 Å². The number of rotatable bonds is 2. The van der Waals surface area contributed by atoms with Crippen LogP contribution in [-0.4, -0.2) is 12.2 Å². The maximum Gasteiger partial charge on any atom is 0.0647 e. The average molecular weight is 220 g/mol. The normalized spacial score (nSPS) is 39.9. The Labute approximate surface area is 99.3 Å². The van der Waals surface area contributed by atoms with Crippen molar-refractivity contribution in [2.75, 3.05) is 0 Å². The van der Waals surface area contributed by atoms with Gasteiger partial charge < -0.3 is 4.74 Å². The second-order valence-electron chi connectivity index (χ2n) is 5.92. The van der Waals surface area contributed by atoms with Crippen molar-refractivity contribution < 1.29 is 4.74 Å². The van der Waals surface area contributed by atoms with Gasteiger partial charge in [-0.05, 0) is 31.6 Å². The fourth-order valence-corrected chi connectivity index (χ4v) is 3.69. The van der Waals surface area contributed by atoms with Gasteiger partial charge in [-0.15, -0.1) is 0 Å². The third kappa shape index (κ3) is 2.34. The molecular weight excluding hydrogens is 196 g/mol. The summed E-state index contributed by atoms with van der Waals surface area (Å²) in [5.74, 6) is 1.61. The van der Waals surface area contributed by atoms with E-state index in [9.17, 15) is 0 Å². The molecule has 3 aliphatic carbocycles. The van der Waals surface area contributed by atoms with Crippen LogP contribution >= 0.6 is 0 Å². The molecule has 3 rings (SSSR count). The van der Waals surface area contributed by atoms with Gasteiger partial charge in [0.05, 0.1) is 12.2 Å². The van der Waals surface area contributed by atoms with Crippen molar-refractivity contribution in [3.8, 4) is 0 Å². The van der Waals surface area contributed by atoms with Gasteiger partial charge in [0.1, 0.15) is 0 Å². The maximum absolute atomic E-state index is 6.37. The van der Waals surface area contributed by atoms with Crippen LogP contribution < -0.4 is 0 Å². The van der Waals surface area contributed by atoms with E-state index in [-0.39, 0.29) is 0 Å². The standard InChI is InChI=1S/C15H24O/c1-2-4-6-14(7-5-3-1)16-15-11-12-8-9-13(15)10-12/h8-9,12-15H,1-7,10-11H2. The second-order valence-corrected chi connectivity index (χ2v) is 5.92. The summed E-state index contributed by atoms with van der Waals surface area (Å²) in [5.41, 5.74) is 0. The Balaban J connectivity index is 1.51. The first kappa shape index (κ1) is 10.8. The molecule has 0 aliphatic heterocycles. The lowest BCUT2D eigenvalue weighted by molar-refractivity contribution is -0.0359. The predicted molar refractivity (Wildman–Crippen MR) is 66.3 cm³/mol. The Kier molecular flexibility index (Phi) is 3.32. The Morgan fingerprint density at radius 2 is 1.56 bits per heavy atom. The zero-order chi connectivity index (χ0) is 10.8. The summed E-state index contributed by atoms with van der Waals surface area (Å²) in [7, 11) is 0. The van der Waals surface area contributed by atoms with Crippen LogP contribution in [0.25, 0.3) is 0 Å². The monoisotopic (exact) mass is 220 g/mol. The van der Waals surface area contributed by atoms with E-state index in [0.29, 0.717) is 12.2 Å². The molecule has 0 saturated heterocycles. The van der Waals surface area contributed by atoms with Gasteiger partial charge in [-0.2, -0.15) is 0 Å². The van der Waals surface area contributed by atoms with Crippen LogP contribution in [0.4, 0.5) is 0 Å². The van der Waals surface area contributed by atoms with Gasteiger partial charge in [-0.3, -0.25) is 0 Å². The molecule has 3 atom stereocenters. The van der Waals surface area contributed by atoms with Gasteiger partial charge in [0.2, 0.25) is 0 Å². The van der Waals surface area contributed by atoms with Gasteiger partial charge in [0.15, 0.2) is 0 Å². The molecule has 0 amide bonds. The van der Waals surface area contributed by atoms with E-state index in [1.54, 1.807) is 0 Å². The van der Waals surface area contributed by atoms with E-state index in [0.717, 1.165) is 11.8 Å². The average Bonchev–Trinajstić information content (AvgIpc) is 2.83. The molecule has 0 aromatic carbocycles. The highest BCUT2D eigenvalue weighted by Gasteiger charge is 2.37. The van der Waals surface area contributed by atoms with E-state index < -0.39 is 0 Å². The Morgan fingerprint density at radius 1 is 0.812 bits per heavy atom. The highest BCUT2D eigenvalue weighted by Crippen LogP contribution is 2.41. The van der Waals surface area contributed by atoms with E-state index in [4.69, 9.17) is 4.74 Å². The molecule has 1 heteroatoms. The number of allylic oxidation sites excluding steroid dienone is 1. The van der Waals surface area contributed by atoms with Crippen LogP contribution in [0, 0.1) is 11.8 Å².